The molecule has 0 bridgehead atoms. The molecule has 0 saturated heterocycles. The van der Waals surface area contributed by atoms with E-state index in [0.717, 1.165) is 19.9 Å². The van der Waals surface area contributed by atoms with E-state index in [1.807, 2.05) is 12.4 Å². The molecule has 0 unspecified atom stereocenters. The summed E-state index contributed by atoms with van der Waals surface area (Å²) in [6.45, 7) is 7.23. The first-order chi connectivity index (χ1) is 10.1. The van der Waals surface area contributed by atoms with Crippen molar-refractivity contribution in [3.63, 3.8) is 0 Å². The van der Waals surface area contributed by atoms with Crippen molar-refractivity contribution in [1.82, 2.24) is 4.98 Å². The van der Waals surface area contributed by atoms with Gasteiger partial charge in [0.25, 0.3) is 5.82 Å². The quantitative estimate of drug-likeness (QED) is 0.456. The average Bonchev–Trinajstić information content (AvgIpc) is 2.88. The van der Waals surface area contributed by atoms with Crippen LogP contribution in [-0.2, 0) is 32.0 Å². The van der Waals surface area contributed by atoms with Gasteiger partial charge in [-0.15, -0.1) is 0 Å². The van der Waals surface area contributed by atoms with Crippen LogP contribution in [0.5, 0.6) is 0 Å². The van der Waals surface area contributed by atoms with Crippen LogP contribution in [0.3, 0.4) is 0 Å². The van der Waals surface area contributed by atoms with Gasteiger partial charge in [0.05, 0.1) is 33.0 Å². The lowest BCUT2D eigenvalue weighted by Gasteiger charge is -2.04. The molecule has 0 atom stereocenters. The lowest BCUT2D eigenvalue weighted by atomic mass is 10.4. The number of aromatic amines is 1. The summed E-state index contributed by atoms with van der Waals surface area (Å²) in [6.07, 6.45) is 5.00. The number of nitrogens with one attached hydrogen (secondary N) is 1. The van der Waals surface area contributed by atoms with E-state index in [0.29, 0.717) is 33.0 Å². The van der Waals surface area contributed by atoms with Gasteiger partial charge < -0.3 is 24.1 Å². The first kappa shape index (κ1) is 19.6. The number of carbonyl (C=O) groups excluding carboxylic acids is 1. The second-order valence-electron chi connectivity index (χ2n) is 4.16. The first-order valence-electron chi connectivity index (χ1n) is 6.99. The summed E-state index contributed by atoms with van der Waals surface area (Å²) in [6, 6.07) is 0. The number of nitrogens with zero attached hydrogens (tertiary/aromatic N) is 1. The predicted molar refractivity (Wildman–Crippen MR) is 74.6 cm³/mol. The highest BCUT2D eigenvalue weighted by atomic mass is 16.5. The van der Waals surface area contributed by atoms with Crippen LogP contribution in [0, 0.1) is 0 Å². The van der Waals surface area contributed by atoms with Crippen molar-refractivity contribution in [3.05, 3.63) is 18.2 Å². The third-order valence-electron chi connectivity index (χ3n) is 2.47. The van der Waals surface area contributed by atoms with E-state index >= 15 is 0 Å². The normalized spacial score (nSPS) is 10.0. The Bertz CT molecular complexity index is 364. The molecule has 0 aliphatic rings. The molecule has 1 aromatic heterocycles. The molecule has 7 heteroatoms. The summed E-state index contributed by atoms with van der Waals surface area (Å²) >= 11 is 0. The lowest BCUT2D eigenvalue weighted by molar-refractivity contribution is -0.704. The molecule has 1 N–H and O–H groups in total. The maximum absolute atomic E-state index is 8.89. The van der Waals surface area contributed by atoms with Gasteiger partial charge >= 0.3 is 0 Å². The van der Waals surface area contributed by atoms with Crippen LogP contribution in [-0.4, -0.2) is 51.1 Å². The average molecular weight is 302 g/mol. The number of rotatable bonds is 10. The van der Waals surface area contributed by atoms with Gasteiger partial charge in [0.15, 0.2) is 0 Å². The monoisotopic (exact) mass is 302 g/mol. The minimum Gasteiger partial charge on any atom is -0.550 e. The maximum Gasteiger partial charge on any atom is 0.253 e. The fraction of sp³-hybridized carbons (Fsp3) is 0.714. The van der Waals surface area contributed by atoms with Crippen LogP contribution in [0.4, 0.5) is 0 Å². The molecule has 0 aliphatic carbocycles. The Hall–Kier alpha value is -1.44. The molecule has 0 saturated carbocycles. The Morgan fingerprint density at radius 2 is 1.81 bits per heavy atom. The Morgan fingerprint density at radius 1 is 1.24 bits per heavy atom. The van der Waals surface area contributed by atoms with Gasteiger partial charge in [-0.1, -0.05) is 6.92 Å². The molecule has 122 valence electrons. The highest BCUT2D eigenvalue weighted by molar-refractivity contribution is 5.60. The number of hydrogen-bond donors (Lipinski definition) is 1. The fourth-order valence-electron chi connectivity index (χ4n) is 1.54. The Morgan fingerprint density at radius 3 is 2.38 bits per heavy atom. The summed E-state index contributed by atoms with van der Waals surface area (Å²) in [5.74, 6) is 0.143. The number of carboxylic acids is 1. The van der Waals surface area contributed by atoms with Crippen molar-refractivity contribution in [1.29, 1.82) is 0 Å². The zero-order valence-corrected chi connectivity index (χ0v) is 13.1. The van der Waals surface area contributed by atoms with Gasteiger partial charge in [0.2, 0.25) is 0 Å². The van der Waals surface area contributed by atoms with Gasteiger partial charge in [0, 0.05) is 19.5 Å². The Kier molecular flexibility index (Phi) is 12.6. The zero-order valence-electron chi connectivity index (χ0n) is 13.1. The molecule has 21 heavy (non-hydrogen) atoms. The zero-order chi connectivity index (χ0) is 15.9. The molecular weight excluding hydrogens is 276 g/mol. The van der Waals surface area contributed by atoms with Gasteiger partial charge in [-0.3, -0.25) is 0 Å². The molecule has 0 fully saturated rings. The van der Waals surface area contributed by atoms with Crippen LogP contribution in [0.15, 0.2) is 12.4 Å². The van der Waals surface area contributed by atoms with Crippen LogP contribution >= 0.6 is 0 Å². The molecule has 7 nitrogen and oxygen atoms in total. The van der Waals surface area contributed by atoms with E-state index in [9.17, 15) is 0 Å². The molecule has 1 rings (SSSR count). The number of carboxylic acid groups (broad SMARTS) is 1. The van der Waals surface area contributed by atoms with E-state index < -0.39 is 5.97 Å². The van der Waals surface area contributed by atoms with Crippen molar-refractivity contribution in [2.45, 2.75) is 26.8 Å². The SMILES string of the molecule is CC(=O)[O-].CCc1[nH]cc[n+]1CCOCCOCCOC. The number of H-pyrrole nitrogens is 1. The number of ether oxygens (including phenoxy) is 3. The number of methoxy groups -OCH3 is 1. The van der Waals surface area contributed by atoms with Crippen molar-refractivity contribution >= 4 is 5.97 Å². The molecule has 0 spiro atoms. The van der Waals surface area contributed by atoms with E-state index in [4.69, 9.17) is 24.1 Å². The highest BCUT2D eigenvalue weighted by Crippen LogP contribution is 1.87. The first-order valence-corrected chi connectivity index (χ1v) is 6.99. The number of imidazole rings is 1. The summed E-state index contributed by atoms with van der Waals surface area (Å²) < 4.78 is 17.8. The minimum atomic E-state index is -1.08. The van der Waals surface area contributed by atoms with Crippen LogP contribution < -0.4 is 9.67 Å². The van der Waals surface area contributed by atoms with Crippen molar-refractivity contribution in [2.75, 3.05) is 40.1 Å². The Balaban J connectivity index is 0.000000885. The molecule has 0 aliphatic heterocycles. The van der Waals surface area contributed by atoms with E-state index in [1.54, 1.807) is 7.11 Å². The molecule has 0 radical (unpaired) electrons. The van der Waals surface area contributed by atoms with Crippen LogP contribution in [0.2, 0.25) is 0 Å². The molecule has 0 aromatic carbocycles. The van der Waals surface area contributed by atoms with Gasteiger partial charge in [-0.05, 0) is 6.92 Å². The van der Waals surface area contributed by atoms with Crippen molar-refractivity contribution in [3.8, 4) is 0 Å². The second-order valence-corrected chi connectivity index (χ2v) is 4.16. The van der Waals surface area contributed by atoms with Gasteiger partial charge in [-0.2, -0.15) is 0 Å². The summed E-state index contributed by atoms with van der Waals surface area (Å²) in [5, 5.41) is 8.89. The third kappa shape index (κ3) is 12.0. The smallest absolute Gasteiger partial charge is 0.253 e. The molecule has 1 aromatic rings. The highest BCUT2D eigenvalue weighted by Gasteiger charge is 2.06. The molecule has 1 heterocycles. The largest absolute Gasteiger partial charge is 0.550 e. The summed E-state index contributed by atoms with van der Waals surface area (Å²) in [7, 11) is 1.67. The number of hydrogen-bond acceptors (Lipinski definition) is 5. The summed E-state index contributed by atoms with van der Waals surface area (Å²) in [4.78, 5) is 12.1. The number of aromatic nitrogens is 2. The van der Waals surface area contributed by atoms with Crippen LogP contribution in [0.25, 0.3) is 0 Å². The second kappa shape index (κ2) is 13.5. The third-order valence-corrected chi connectivity index (χ3v) is 2.47. The maximum atomic E-state index is 8.89. The van der Waals surface area contributed by atoms with E-state index in [2.05, 4.69) is 16.5 Å². The van der Waals surface area contributed by atoms with Gasteiger partial charge in [0.1, 0.15) is 18.9 Å². The summed E-state index contributed by atoms with van der Waals surface area (Å²) in [5.41, 5.74) is 0. The lowest BCUT2D eigenvalue weighted by Crippen LogP contribution is -2.38. The van der Waals surface area contributed by atoms with E-state index in [1.165, 1.54) is 5.82 Å². The topological polar surface area (TPSA) is 87.5 Å². The van der Waals surface area contributed by atoms with Gasteiger partial charge in [-0.25, -0.2) is 9.55 Å². The standard InChI is InChI=1S/C12H22N2O3.C2H4O2/c1-3-12-13-4-5-14(12)6-7-16-10-11-17-9-8-15-2;1-2(3)4/h4-5H,3,6-11H2,1-2H3;1H3,(H,3,4). The van der Waals surface area contributed by atoms with Crippen molar-refractivity contribution < 1.29 is 28.7 Å². The fourth-order valence-corrected chi connectivity index (χ4v) is 1.54. The number of aliphatic carboxylic acids is 1. The Labute approximate surface area is 125 Å². The molecule has 0 amide bonds. The van der Waals surface area contributed by atoms with Crippen LogP contribution in [0.1, 0.15) is 19.7 Å². The van der Waals surface area contributed by atoms with E-state index in [-0.39, 0.29) is 0 Å². The number of aryl methyl sites for hydroxylation is 1. The number of carbonyl (C=O) groups is 1. The predicted octanol–water partition coefficient (Wildman–Crippen LogP) is -0.700. The minimum absolute atomic E-state index is 0.627. The van der Waals surface area contributed by atoms with Crippen molar-refractivity contribution in [2.24, 2.45) is 0 Å². The molecular formula is C14H26N2O5.